The number of ether oxygens (including phenoxy) is 1. The molecule has 0 radical (unpaired) electrons. The van der Waals surface area contributed by atoms with Gasteiger partial charge in [0.2, 0.25) is 0 Å². The summed E-state index contributed by atoms with van der Waals surface area (Å²) < 4.78 is 19.7. The highest BCUT2D eigenvalue weighted by atomic mass is 35.5. The Kier molecular flexibility index (Phi) is 9.80. The van der Waals surface area contributed by atoms with Crippen molar-refractivity contribution in [1.29, 1.82) is 0 Å². The van der Waals surface area contributed by atoms with Gasteiger partial charge in [-0.15, -0.1) is 0 Å². The first-order chi connectivity index (χ1) is 19.9. The Morgan fingerprint density at radius 3 is 2.27 bits per heavy atom. The van der Waals surface area contributed by atoms with E-state index in [2.05, 4.69) is 10.6 Å². The van der Waals surface area contributed by atoms with Crippen molar-refractivity contribution in [2.45, 2.75) is 6.92 Å². The lowest BCUT2D eigenvalue weighted by molar-refractivity contribution is -0.113. The first-order valence-electron chi connectivity index (χ1n) is 12.7. The number of hydrogen-bond acceptors (Lipinski definition) is 4. The van der Waals surface area contributed by atoms with Gasteiger partial charge in [0.05, 0.1) is 11.6 Å². The molecule has 0 bridgehead atoms. The Balaban J connectivity index is 1.54. The summed E-state index contributed by atoms with van der Waals surface area (Å²) in [5, 5.41) is 5.64. The van der Waals surface area contributed by atoms with Gasteiger partial charge in [-0.2, -0.15) is 0 Å². The lowest BCUT2D eigenvalue weighted by Crippen LogP contribution is -2.30. The maximum absolute atomic E-state index is 14.0. The minimum atomic E-state index is -0.575. The molecule has 4 aromatic rings. The summed E-state index contributed by atoms with van der Waals surface area (Å²) in [4.78, 5) is 38.9. The SMILES string of the molecule is CCOc1ccccc1/C=C(\NC(=O)c1ccccc1)C(=O)Nc1ccc(C(=O)/C=C/c2c(F)cccc2Cl)cc1. The molecule has 0 atom stereocenters. The van der Waals surface area contributed by atoms with Crippen molar-refractivity contribution in [3.63, 3.8) is 0 Å². The number of ketones is 1. The smallest absolute Gasteiger partial charge is 0.272 e. The van der Waals surface area contributed by atoms with Crippen molar-refractivity contribution >= 4 is 47.0 Å². The lowest BCUT2D eigenvalue weighted by Gasteiger charge is -2.13. The zero-order chi connectivity index (χ0) is 29.2. The third-order valence-electron chi connectivity index (χ3n) is 5.88. The Labute approximate surface area is 242 Å². The summed E-state index contributed by atoms with van der Waals surface area (Å²) in [6.07, 6.45) is 4.09. The molecule has 8 heteroatoms. The van der Waals surface area contributed by atoms with Crippen LogP contribution in [0.4, 0.5) is 10.1 Å². The zero-order valence-electron chi connectivity index (χ0n) is 22.1. The summed E-state index contributed by atoms with van der Waals surface area (Å²) in [5.74, 6) is -1.38. The molecule has 0 aliphatic rings. The second-order valence-electron chi connectivity index (χ2n) is 8.71. The highest BCUT2D eigenvalue weighted by Gasteiger charge is 2.16. The highest BCUT2D eigenvalue weighted by Crippen LogP contribution is 2.23. The molecular weight excluding hydrogens is 543 g/mol. The highest BCUT2D eigenvalue weighted by molar-refractivity contribution is 6.32. The summed E-state index contributed by atoms with van der Waals surface area (Å²) >= 11 is 6.01. The molecule has 206 valence electrons. The van der Waals surface area contributed by atoms with Crippen molar-refractivity contribution in [3.8, 4) is 5.75 Å². The Bertz CT molecular complexity index is 1600. The van der Waals surface area contributed by atoms with Gasteiger partial charge in [0.15, 0.2) is 5.78 Å². The van der Waals surface area contributed by atoms with E-state index >= 15 is 0 Å². The van der Waals surface area contributed by atoms with Crippen LogP contribution in [0.3, 0.4) is 0 Å². The third kappa shape index (κ3) is 7.77. The van der Waals surface area contributed by atoms with Gasteiger partial charge in [0.1, 0.15) is 17.3 Å². The van der Waals surface area contributed by atoms with E-state index in [1.807, 2.05) is 13.0 Å². The van der Waals surface area contributed by atoms with Crippen LogP contribution in [0.25, 0.3) is 12.2 Å². The third-order valence-corrected chi connectivity index (χ3v) is 6.21. The van der Waals surface area contributed by atoms with Crippen molar-refractivity contribution in [1.82, 2.24) is 5.32 Å². The average Bonchev–Trinajstić information content (AvgIpc) is 2.98. The molecule has 0 spiro atoms. The number of carbonyl (C=O) groups excluding carboxylic acids is 3. The van der Waals surface area contributed by atoms with Crippen LogP contribution in [0, 0.1) is 5.82 Å². The quantitative estimate of drug-likeness (QED) is 0.157. The fourth-order valence-electron chi connectivity index (χ4n) is 3.83. The van der Waals surface area contributed by atoms with E-state index < -0.39 is 17.6 Å². The molecule has 2 N–H and O–H groups in total. The normalized spacial score (nSPS) is 11.2. The van der Waals surface area contributed by atoms with Crippen LogP contribution in [-0.4, -0.2) is 24.2 Å². The van der Waals surface area contributed by atoms with Crippen molar-refractivity contribution in [2.75, 3.05) is 11.9 Å². The number of nitrogens with one attached hydrogen (secondary N) is 2. The Hall–Kier alpha value is -5.01. The number of para-hydroxylation sites is 1. The Morgan fingerprint density at radius 1 is 0.854 bits per heavy atom. The number of anilines is 1. The molecule has 2 amide bonds. The number of allylic oxidation sites excluding steroid dienone is 1. The first kappa shape index (κ1) is 29.0. The number of hydrogen-bond donors (Lipinski definition) is 2. The van der Waals surface area contributed by atoms with E-state index in [0.717, 1.165) is 0 Å². The number of benzene rings is 4. The van der Waals surface area contributed by atoms with E-state index in [4.69, 9.17) is 16.3 Å². The van der Waals surface area contributed by atoms with Crippen LogP contribution in [0.2, 0.25) is 5.02 Å². The van der Waals surface area contributed by atoms with Crippen LogP contribution in [0.15, 0.2) is 109 Å². The molecule has 0 fully saturated rings. The minimum absolute atomic E-state index is 0.00383. The molecule has 6 nitrogen and oxygen atoms in total. The molecule has 0 aliphatic carbocycles. The summed E-state index contributed by atoms with van der Waals surface area (Å²) in [6, 6.07) is 26.1. The van der Waals surface area contributed by atoms with Gasteiger partial charge in [0.25, 0.3) is 11.8 Å². The van der Waals surface area contributed by atoms with Gasteiger partial charge in [-0.1, -0.05) is 54.1 Å². The fourth-order valence-corrected chi connectivity index (χ4v) is 4.05. The summed E-state index contributed by atoms with van der Waals surface area (Å²) in [5.41, 5.74) is 1.83. The number of carbonyl (C=O) groups is 3. The van der Waals surface area contributed by atoms with Crippen LogP contribution >= 0.6 is 11.6 Å². The van der Waals surface area contributed by atoms with E-state index in [9.17, 15) is 18.8 Å². The number of halogens is 2. The van der Waals surface area contributed by atoms with Crippen molar-refractivity contribution in [3.05, 3.63) is 142 Å². The summed E-state index contributed by atoms with van der Waals surface area (Å²) in [7, 11) is 0. The van der Waals surface area contributed by atoms with E-state index in [1.165, 1.54) is 48.6 Å². The molecule has 0 aliphatic heterocycles. The minimum Gasteiger partial charge on any atom is -0.493 e. The van der Waals surface area contributed by atoms with E-state index in [0.29, 0.717) is 34.7 Å². The first-order valence-corrected chi connectivity index (χ1v) is 13.1. The molecular formula is C33H26ClFN2O4. The average molecular weight is 569 g/mol. The van der Waals surface area contributed by atoms with Gasteiger partial charge in [-0.3, -0.25) is 14.4 Å². The molecule has 0 unspecified atom stereocenters. The molecule has 0 heterocycles. The van der Waals surface area contributed by atoms with Crippen LogP contribution in [0.5, 0.6) is 5.75 Å². The van der Waals surface area contributed by atoms with Crippen LogP contribution in [0.1, 0.15) is 38.8 Å². The van der Waals surface area contributed by atoms with Crippen LogP contribution < -0.4 is 15.4 Å². The fraction of sp³-hybridized carbons (Fsp3) is 0.0606. The van der Waals surface area contributed by atoms with Gasteiger partial charge in [0, 0.05) is 27.9 Å². The van der Waals surface area contributed by atoms with E-state index in [-0.39, 0.29) is 22.1 Å². The Morgan fingerprint density at radius 2 is 1.56 bits per heavy atom. The maximum atomic E-state index is 14.0. The van der Waals surface area contributed by atoms with Gasteiger partial charge < -0.3 is 15.4 Å². The molecule has 0 saturated heterocycles. The summed E-state index contributed by atoms with van der Waals surface area (Å²) in [6.45, 7) is 2.28. The van der Waals surface area contributed by atoms with Crippen molar-refractivity contribution < 1.29 is 23.5 Å². The molecule has 41 heavy (non-hydrogen) atoms. The second kappa shape index (κ2) is 13.9. The molecule has 4 aromatic carbocycles. The van der Waals surface area contributed by atoms with Crippen LogP contribution in [-0.2, 0) is 4.79 Å². The molecule has 0 aromatic heterocycles. The van der Waals surface area contributed by atoms with Gasteiger partial charge >= 0.3 is 0 Å². The molecule has 0 saturated carbocycles. The predicted octanol–water partition coefficient (Wildman–Crippen LogP) is 7.18. The number of rotatable bonds is 10. The van der Waals surface area contributed by atoms with Gasteiger partial charge in [-0.25, -0.2) is 4.39 Å². The second-order valence-corrected chi connectivity index (χ2v) is 9.12. The monoisotopic (exact) mass is 568 g/mol. The largest absolute Gasteiger partial charge is 0.493 e. The number of amides is 2. The van der Waals surface area contributed by atoms with E-state index in [1.54, 1.807) is 60.7 Å². The standard InChI is InChI=1S/C33H26ClFN2O4/c1-2-41-31-14-7-6-11-24(31)21-29(37-32(39)23-9-4-3-5-10-23)33(40)36-25-17-15-22(16-18-25)30(38)20-19-26-27(34)12-8-13-28(26)35/h3-21H,2H2,1H3,(H,36,40)(H,37,39)/b20-19+,29-21-. The molecule has 4 rings (SSSR count). The lowest BCUT2D eigenvalue weighted by atomic mass is 10.1. The van der Waals surface area contributed by atoms with Gasteiger partial charge in [-0.05, 0) is 79.7 Å². The van der Waals surface area contributed by atoms with Crippen molar-refractivity contribution in [2.24, 2.45) is 0 Å². The zero-order valence-corrected chi connectivity index (χ0v) is 22.8. The topological polar surface area (TPSA) is 84.5 Å². The predicted molar refractivity (Wildman–Crippen MR) is 159 cm³/mol. The maximum Gasteiger partial charge on any atom is 0.272 e.